The summed E-state index contributed by atoms with van der Waals surface area (Å²) in [6.45, 7) is 5.45. The maximum Gasteiger partial charge on any atom is 0.241 e. The molecule has 0 fully saturated rings. The van der Waals surface area contributed by atoms with Gasteiger partial charge in [-0.25, -0.2) is 13.1 Å². The van der Waals surface area contributed by atoms with Crippen molar-refractivity contribution < 1.29 is 13.2 Å². The van der Waals surface area contributed by atoms with Crippen LogP contribution in [0.5, 0.6) is 5.75 Å². The van der Waals surface area contributed by atoms with Gasteiger partial charge in [-0.2, -0.15) is 0 Å². The molecule has 0 aliphatic rings. The third kappa shape index (κ3) is 4.08. The van der Waals surface area contributed by atoms with Gasteiger partial charge in [-0.3, -0.25) is 0 Å². The van der Waals surface area contributed by atoms with Gasteiger partial charge in [-0.15, -0.1) is 0 Å². The molecule has 0 unspecified atom stereocenters. The maximum atomic E-state index is 12.3. The van der Waals surface area contributed by atoms with Crippen molar-refractivity contribution in [1.29, 1.82) is 0 Å². The lowest BCUT2D eigenvalue weighted by molar-refractivity contribution is 0.415. The summed E-state index contributed by atoms with van der Waals surface area (Å²) in [6.07, 6.45) is 0. The lowest BCUT2D eigenvalue weighted by Crippen LogP contribution is -2.40. The fourth-order valence-corrected chi connectivity index (χ4v) is 3.49. The van der Waals surface area contributed by atoms with Gasteiger partial charge in [0.2, 0.25) is 10.0 Å². The van der Waals surface area contributed by atoms with Crippen molar-refractivity contribution in [2.45, 2.75) is 31.2 Å². The SMILES string of the molecule is COc1ccc(-c2ccc(S(=O)(=O)NC(C)(C)C)cc2)cc1. The van der Waals surface area contributed by atoms with Crippen LogP contribution in [0.1, 0.15) is 20.8 Å². The number of ether oxygens (including phenoxy) is 1. The van der Waals surface area contributed by atoms with E-state index in [9.17, 15) is 8.42 Å². The van der Waals surface area contributed by atoms with Gasteiger partial charge in [-0.1, -0.05) is 24.3 Å². The molecule has 4 nitrogen and oxygen atoms in total. The Kier molecular flexibility index (Phi) is 4.58. The molecule has 0 aromatic heterocycles. The second-order valence-electron chi connectivity index (χ2n) is 6.11. The van der Waals surface area contributed by atoms with E-state index < -0.39 is 15.6 Å². The smallest absolute Gasteiger partial charge is 0.241 e. The number of hydrogen-bond donors (Lipinski definition) is 1. The first kappa shape index (κ1) is 16.5. The van der Waals surface area contributed by atoms with E-state index >= 15 is 0 Å². The van der Waals surface area contributed by atoms with E-state index in [0.29, 0.717) is 0 Å². The largest absolute Gasteiger partial charge is 0.497 e. The fourth-order valence-electron chi connectivity index (χ4n) is 2.07. The highest BCUT2D eigenvalue weighted by Crippen LogP contribution is 2.24. The van der Waals surface area contributed by atoms with Crippen molar-refractivity contribution in [3.8, 4) is 16.9 Å². The monoisotopic (exact) mass is 319 g/mol. The highest BCUT2D eigenvalue weighted by molar-refractivity contribution is 7.89. The van der Waals surface area contributed by atoms with Crippen molar-refractivity contribution >= 4 is 10.0 Å². The third-order valence-electron chi connectivity index (χ3n) is 3.03. The lowest BCUT2D eigenvalue weighted by atomic mass is 10.1. The zero-order valence-electron chi connectivity index (χ0n) is 13.3. The first-order valence-corrected chi connectivity index (χ1v) is 8.48. The van der Waals surface area contributed by atoms with Gasteiger partial charge < -0.3 is 4.74 Å². The van der Waals surface area contributed by atoms with Crippen LogP contribution in [0, 0.1) is 0 Å². The number of nitrogens with one attached hydrogen (secondary N) is 1. The Morgan fingerprint density at radius 1 is 0.864 bits per heavy atom. The molecule has 118 valence electrons. The third-order valence-corrected chi connectivity index (χ3v) is 4.80. The molecule has 0 saturated carbocycles. The molecular weight excluding hydrogens is 298 g/mol. The lowest BCUT2D eigenvalue weighted by Gasteiger charge is -2.20. The summed E-state index contributed by atoms with van der Waals surface area (Å²) in [7, 11) is -1.88. The quantitative estimate of drug-likeness (QED) is 0.939. The predicted molar refractivity (Wildman–Crippen MR) is 88.5 cm³/mol. The minimum Gasteiger partial charge on any atom is -0.497 e. The summed E-state index contributed by atoms with van der Waals surface area (Å²) in [4.78, 5) is 0.264. The summed E-state index contributed by atoms with van der Waals surface area (Å²) in [5, 5.41) is 0. The number of hydrogen-bond acceptors (Lipinski definition) is 3. The van der Waals surface area contributed by atoms with Gasteiger partial charge in [0.1, 0.15) is 5.75 Å². The Morgan fingerprint density at radius 3 is 1.73 bits per heavy atom. The number of rotatable bonds is 4. The first-order chi connectivity index (χ1) is 10.2. The highest BCUT2D eigenvalue weighted by Gasteiger charge is 2.21. The molecule has 0 aliphatic carbocycles. The van der Waals surface area contributed by atoms with Crippen LogP contribution in [0.4, 0.5) is 0 Å². The standard InChI is InChI=1S/C17H21NO3S/c1-17(2,3)18-22(19,20)16-11-7-14(8-12-16)13-5-9-15(21-4)10-6-13/h5-12,18H,1-4H3. The predicted octanol–water partition coefficient (Wildman–Crippen LogP) is 3.44. The van der Waals surface area contributed by atoms with Crippen molar-refractivity contribution in [3.63, 3.8) is 0 Å². The van der Waals surface area contributed by atoms with Crippen molar-refractivity contribution in [2.24, 2.45) is 0 Å². The van der Waals surface area contributed by atoms with Crippen LogP contribution in [-0.2, 0) is 10.0 Å². The molecule has 1 N–H and O–H groups in total. The minimum absolute atomic E-state index is 0.264. The summed E-state index contributed by atoms with van der Waals surface area (Å²) >= 11 is 0. The van der Waals surface area contributed by atoms with Gasteiger partial charge >= 0.3 is 0 Å². The minimum atomic E-state index is -3.50. The van der Waals surface area contributed by atoms with E-state index in [2.05, 4.69) is 4.72 Å². The van der Waals surface area contributed by atoms with Crippen LogP contribution < -0.4 is 9.46 Å². The van der Waals surface area contributed by atoms with E-state index in [1.54, 1.807) is 31.4 Å². The summed E-state index contributed by atoms with van der Waals surface area (Å²) < 4.78 is 32.3. The first-order valence-electron chi connectivity index (χ1n) is 7.00. The zero-order valence-corrected chi connectivity index (χ0v) is 14.1. The van der Waals surface area contributed by atoms with Gasteiger partial charge in [0.25, 0.3) is 0 Å². The van der Waals surface area contributed by atoms with E-state index in [1.807, 2.05) is 45.0 Å². The van der Waals surface area contributed by atoms with Crippen LogP contribution in [0.15, 0.2) is 53.4 Å². The molecule has 0 saturated heterocycles. The van der Waals surface area contributed by atoms with Crippen LogP contribution in [0.2, 0.25) is 0 Å². The average molecular weight is 319 g/mol. The second kappa shape index (κ2) is 6.10. The molecule has 0 amide bonds. The summed E-state index contributed by atoms with van der Waals surface area (Å²) in [5.41, 5.74) is 1.46. The van der Waals surface area contributed by atoms with Crippen molar-refractivity contribution in [2.75, 3.05) is 7.11 Å². The Morgan fingerprint density at radius 2 is 1.32 bits per heavy atom. The molecule has 0 spiro atoms. The average Bonchev–Trinajstić information content (AvgIpc) is 2.45. The van der Waals surface area contributed by atoms with E-state index in [0.717, 1.165) is 16.9 Å². The van der Waals surface area contributed by atoms with Gasteiger partial charge in [-0.05, 0) is 56.2 Å². The van der Waals surface area contributed by atoms with E-state index in [-0.39, 0.29) is 4.90 Å². The van der Waals surface area contributed by atoms with Crippen LogP contribution in [0.25, 0.3) is 11.1 Å². The van der Waals surface area contributed by atoms with E-state index in [1.165, 1.54) is 0 Å². The van der Waals surface area contributed by atoms with Crippen molar-refractivity contribution in [3.05, 3.63) is 48.5 Å². The Hall–Kier alpha value is -1.85. The van der Waals surface area contributed by atoms with E-state index in [4.69, 9.17) is 4.74 Å². The fraction of sp³-hybridized carbons (Fsp3) is 0.294. The molecule has 0 radical (unpaired) electrons. The van der Waals surface area contributed by atoms with Gasteiger partial charge in [0.15, 0.2) is 0 Å². The van der Waals surface area contributed by atoms with Crippen LogP contribution in [0.3, 0.4) is 0 Å². The molecule has 0 bridgehead atoms. The molecule has 0 aliphatic heterocycles. The molecule has 2 aromatic carbocycles. The Balaban J connectivity index is 2.26. The molecule has 0 heterocycles. The van der Waals surface area contributed by atoms with Crippen molar-refractivity contribution in [1.82, 2.24) is 4.72 Å². The normalized spacial score (nSPS) is 12.2. The zero-order chi connectivity index (χ0) is 16.4. The maximum absolute atomic E-state index is 12.3. The number of sulfonamides is 1. The highest BCUT2D eigenvalue weighted by atomic mass is 32.2. The number of benzene rings is 2. The molecule has 2 rings (SSSR count). The second-order valence-corrected chi connectivity index (χ2v) is 7.79. The topological polar surface area (TPSA) is 55.4 Å². The Labute approximate surface area is 132 Å². The number of methoxy groups -OCH3 is 1. The summed E-state index contributed by atoms with van der Waals surface area (Å²) in [5.74, 6) is 0.789. The Bertz CT molecular complexity index is 727. The molecular formula is C17H21NO3S. The molecule has 2 aromatic rings. The molecule has 5 heteroatoms. The molecule has 0 atom stereocenters. The van der Waals surface area contributed by atoms with Gasteiger partial charge in [0, 0.05) is 5.54 Å². The van der Waals surface area contributed by atoms with Crippen LogP contribution >= 0.6 is 0 Å². The van der Waals surface area contributed by atoms with Gasteiger partial charge in [0.05, 0.1) is 12.0 Å². The van der Waals surface area contributed by atoms with Crippen LogP contribution in [-0.4, -0.2) is 21.1 Å². The summed E-state index contributed by atoms with van der Waals surface area (Å²) in [6, 6.07) is 14.5. The molecule has 22 heavy (non-hydrogen) atoms.